The average Bonchev–Trinajstić information content (AvgIpc) is 2.73. The lowest BCUT2D eigenvalue weighted by molar-refractivity contribution is -0.127. The van der Waals surface area contributed by atoms with Crippen molar-refractivity contribution in [3.8, 4) is 0 Å². The van der Waals surface area contributed by atoms with Crippen LogP contribution in [0.5, 0.6) is 0 Å². The van der Waals surface area contributed by atoms with Crippen molar-refractivity contribution in [1.82, 2.24) is 9.62 Å². The number of amides is 1. The Bertz CT molecular complexity index is 971. The van der Waals surface area contributed by atoms with Crippen LogP contribution in [-0.2, 0) is 20.6 Å². The van der Waals surface area contributed by atoms with Gasteiger partial charge in [-0.3, -0.25) is 4.79 Å². The van der Waals surface area contributed by atoms with Crippen LogP contribution >= 0.6 is 11.6 Å². The molecule has 0 aliphatic carbocycles. The minimum Gasteiger partial charge on any atom is -0.349 e. The fourth-order valence-electron chi connectivity index (χ4n) is 4.05. The minimum atomic E-state index is -3.44. The first-order chi connectivity index (χ1) is 14.7. The van der Waals surface area contributed by atoms with Gasteiger partial charge in [0.1, 0.15) is 0 Å². The van der Waals surface area contributed by atoms with E-state index in [0.717, 1.165) is 12.0 Å². The van der Waals surface area contributed by atoms with Gasteiger partial charge in [-0.2, -0.15) is 0 Å². The lowest BCUT2D eigenvalue weighted by atomic mass is 9.93. The molecule has 0 radical (unpaired) electrons. The second kappa shape index (κ2) is 10.6. The lowest BCUT2D eigenvalue weighted by Gasteiger charge is -2.32. The van der Waals surface area contributed by atoms with Gasteiger partial charge in [0.2, 0.25) is 15.9 Å². The van der Waals surface area contributed by atoms with E-state index < -0.39 is 10.0 Å². The van der Waals surface area contributed by atoms with Crippen LogP contribution in [0.25, 0.3) is 0 Å². The highest BCUT2D eigenvalue weighted by atomic mass is 35.5. The molecular weight excluding hydrogens is 432 g/mol. The average molecular weight is 463 g/mol. The van der Waals surface area contributed by atoms with Gasteiger partial charge < -0.3 is 5.32 Å². The zero-order valence-corrected chi connectivity index (χ0v) is 19.7. The molecule has 1 saturated heterocycles. The summed E-state index contributed by atoms with van der Waals surface area (Å²) in [6, 6.07) is 16.9. The van der Waals surface area contributed by atoms with Gasteiger partial charge >= 0.3 is 0 Å². The van der Waals surface area contributed by atoms with Crippen molar-refractivity contribution >= 4 is 27.5 Å². The Morgan fingerprint density at radius 3 is 2.39 bits per heavy atom. The van der Waals surface area contributed by atoms with E-state index in [-0.39, 0.29) is 23.6 Å². The SMILES string of the molecule is CC(C)C[C@@H](NC(=O)C1CCN(S(=O)(=O)Cc2cccc(Cl)c2)CC1)c1ccccc1. The van der Waals surface area contributed by atoms with Gasteiger partial charge in [-0.1, -0.05) is 67.9 Å². The zero-order chi connectivity index (χ0) is 22.4. The van der Waals surface area contributed by atoms with Crippen LogP contribution in [0, 0.1) is 11.8 Å². The van der Waals surface area contributed by atoms with E-state index in [1.54, 1.807) is 24.3 Å². The molecule has 2 aromatic rings. The van der Waals surface area contributed by atoms with Crippen molar-refractivity contribution < 1.29 is 13.2 Å². The Labute approximate surface area is 190 Å². The Balaban J connectivity index is 1.58. The molecule has 1 heterocycles. The van der Waals surface area contributed by atoms with Gasteiger partial charge in [-0.15, -0.1) is 0 Å². The van der Waals surface area contributed by atoms with E-state index >= 15 is 0 Å². The first-order valence-corrected chi connectivity index (χ1v) is 12.8. The molecule has 0 spiro atoms. The number of hydrogen-bond acceptors (Lipinski definition) is 3. The number of carbonyl (C=O) groups excluding carboxylic acids is 1. The number of halogens is 1. The number of nitrogens with zero attached hydrogens (tertiary/aromatic N) is 1. The molecule has 1 aliphatic rings. The summed E-state index contributed by atoms with van der Waals surface area (Å²) in [7, 11) is -3.44. The molecule has 31 heavy (non-hydrogen) atoms. The second-order valence-corrected chi connectivity index (χ2v) is 11.1. The number of benzene rings is 2. The highest BCUT2D eigenvalue weighted by Gasteiger charge is 2.32. The molecule has 7 heteroatoms. The summed E-state index contributed by atoms with van der Waals surface area (Å²) in [5.74, 6) is 0.218. The molecule has 2 aromatic carbocycles. The van der Waals surface area contributed by atoms with Crippen molar-refractivity contribution in [3.05, 3.63) is 70.7 Å². The molecule has 0 bridgehead atoms. The van der Waals surface area contributed by atoms with E-state index in [2.05, 4.69) is 19.2 Å². The summed E-state index contributed by atoms with van der Waals surface area (Å²) < 4.78 is 27.1. The molecular formula is C24H31ClN2O3S. The fraction of sp³-hybridized carbons (Fsp3) is 0.458. The van der Waals surface area contributed by atoms with Crippen LogP contribution in [0.4, 0.5) is 0 Å². The van der Waals surface area contributed by atoms with Crippen molar-refractivity contribution in [2.75, 3.05) is 13.1 Å². The van der Waals surface area contributed by atoms with Gasteiger partial charge in [0.15, 0.2) is 0 Å². The Kier molecular flexibility index (Phi) is 8.14. The first-order valence-electron chi connectivity index (χ1n) is 10.8. The third-order valence-electron chi connectivity index (χ3n) is 5.68. The highest BCUT2D eigenvalue weighted by Crippen LogP contribution is 2.26. The molecule has 0 unspecified atom stereocenters. The van der Waals surface area contributed by atoms with Crippen LogP contribution < -0.4 is 5.32 Å². The summed E-state index contributed by atoms with van der Waals surface area (Å²) in [5.41, 5.74) is 1.78. The Morgan fingerprint density at radius 2 is 1.77 bits per heavy atom. The highest BCUT2D eigenvalue weighted by molar-refractivity contribution is 7.88. The summed E-state index contributed by atoms with van der Waals surface area (Å²) in [6.07, 6.45) is 1.93. The maximum Gasteiger partial charge on any atom is 0.223 e. The van der Waals surface area contributed by atoms with Crippen LogP contribution in [0.2, 0.25) is 5.02 Å². The van der Waals surface area contributed by atoms with Gasteiger partial charge in [0.05, 0.1) is 11.8 Å². The van der Waals surface area contributed by atoms with E-state index in [9.17, 15) is 13.2 Å². The van der Waals surface area contributed by atoms with Crippen LogP contribution in [0.15, 0.2) is 54.6 Å². The Morgan fingerprint density at radius 1 is 1.10 bits per heavy atom. The zero-order valence-electron chi connectivity index (χ0n) is 18.1. The van der Waals surface area contributed by atoms with Crippen molar-refractivity contribution in [1.29, 1.82) is 0 Å². The van der Waals surface area contributed by atoms with Gasteiger partial charge in [0.25, 0.3) is 0 Å². The number of hydrogen-bond donors (Lipinski definition) is 1. The van der Waals surface area contributed by atoms with E-state index in [1.165, 1.54) is 4.31 Å². The van der Waals surface area contributed by atoms with Crippen molar-refractivity contribution in [2.45, 2.75) is 44.9 Å². The molecule has 5 nitrogen and oxygen atoms in total. The Hall–Kier alpha value is -1.89. The predicted molar refractivity (Wildman–Crippen MR) is 125 cm³/mol. The summed E-state index contributed by atoms with van der Waals surface area (Å²) in [6.45, 7) is 5.01. The van der Waals surface area contributed by atoms with Gasteiger partial charge in [-0.25, -0.2) is 12.7 Å². The first kappa shape index (κ1) is 23.8. The van der Waals surface area contributed by atoms with Gasteiger partial charge in [0, 0.05) is 24.0 Å². The number of sulfonamides is 1. The number of carbonyl (C=O) groups is 1. The summed E-state index contributed by atoms with van der Waals surface area (Å²) in [5, 5.41) is 3.74. The van der Waals surface area contributed by atoms with Crippen LogP contribution in [0.3, 0.4) is 0 Å². The third-order valence-corrected chi connectivity index (χ3v) is 7.77. The molecule has 1 amide bonds. The van der Waals surface area contributed by atoms with Crippen LogP contribution in [0.1, 0.15) is 50.3 Å². The molecule has 168 valence electrons. The molecule has 1 fully saturated rings. The number of piperidine rings is 1. The standard InChI is InChI=1S/C24H31ClN2O3S/c1-18(2)15-23(20-8-4-3-5-9-20)26-24(28)21-11-13-27(14-12-21)31(29,30)17-19-7-6-10-22(25)16-19/h3-10,16,18,21,23H,11-15,17H2,1-2H3,(H,26,28)/t23-/m1/s1. The third kappa shape index (κ3) is 6.79. The minimum absolute atomic E-state index is 0.0152. The van der Waals surface area contributed by atoms with E-state index in [0.29, 0.717) is 42.4 Å². The molecule has 1 aliphatic heterocycles. The summed E-state index contributed by atoms with van der Waals surface area (Å²) >= 11 is 5.98. The second-order valence-electron chi connectivity index (χ2n) is 8.66. The van der Waals surface area contributed by atoms with Crippen LogP contribution in [-0.4, -0.2) is 31.7 Å². The quantitative estimate of drug-likeness (QED) is 0.613. The van der Waals surface area contributed by atoms with Crippen molar-refractivity contribution in [3.63, 3.8) is 0 Å². The molecule has 0 saturated carbocycles. The number of rotatable bonds is 8. The monoisotopic (exact) mass is 462 g/mol. The topological polar surface area (TPSA) is 66.5 Å². The molecule has 1 atom stereocenters. The van der Waals surface area contributed by atoms with Crippen molar-refractivity contribution in [2.24, 2.45) is 11.8 Å². The smallest absolute Gasteiger partial charge is 0.223 e. The number of nitrogens with one attached hydrogen (secondary N) is 1. The maximum atomic E-state index is 13.0. The normalized spacial score (nSPS) is 16.9. The molecule has 0 aromatic heterocycles. The van der Waals surface area contributed by atoms with E-state index in [4.69, 9.17) is 11.6 Å². The molecule has 3 rings (SSSR count). The predicted octanol–water partition coefficient (Wildman–Crippen LogP) is 4.79. The largest absolute Gasteiger partial charge is 0.349 e. The van der Waals surface area contributed by atoms with Gasteiger partial charge in [-0.05, 0) is 48.4 Å². The lowest BCUT2D eigenvalue weighted by Crippen LogP contribution is -2.44. The molecule has 1 N–H and O–H groups in total. The summed E-state index contributed by atoms with van der Waals surface area (Å²) in [4.78, 5) is 13.0. The maximum absolute atomic E-state index is 13.0. The van der Waals surface area contributed by atoms with E-state index in [1.807, 2.05) is 30.3 Å². The fourth-order valence-corrected chi connectivity index (χ4v) is 5.81.